The first-order valence-electron chi connectivity index (χ1n) is 7.49. The van der Waals surface area contributed by atoms with Crippen LogP contribution in [-0.2, 0) is 15.1 Å². The van der Waals surface area contributed by atoms with Crippen LogP contribution in [0.5, 0.6) is 0 Å². The van der Waals surface area contributed by atoms with Gasteiger partial charge in [-0.15, -0.1) is 0 Å². The molecule has 2 aromatic rings. The summed E-state index contributed by atoms with van der Waals surface area (Å²) in [7, 11) is 1.70. The Morgan fingerprint density at radius 2 is 1.78 bits per heavy atom. The van der Waals surface area contributed by atoms with E-state index in [1.54, 1.807) is 31.0 Å². The van der Waals surface area contributed by atoms with E-state index < -0.39 is 5.60 Å². The number of benzene rings is 2. The van der Waals surface area contributed by atoms with Crippen molar-refractivity contribution in [3.8, 4) is 0 Å². The molecule has 0 atom stereocenters. The Balaban J connectivity index is 1.90. The van der Waals surface area contributed by atoms with Gasteiger partial charge in [-0.05, 0) is 70.6 Å². The predicted octanol–water partition coefficient (Wildman–Crippen LogP) is 5.23. The highest BCUT2D eigenvalue weighted by Crippen LogP contribution is 2.38. The van der Waals surface area contributed by atoms with Gasteiger partial charge in [0.25, 0.3) is 0 Å². The van der Waals surface area contributed by atoms with E-state index in [0.29, 0.717) is 13.2 Å². The first-order chi connectivity index (χ1) is 11.1. The lowest BCUT2D eigenvalue weighted by molar-refractivity contribution is -0.0950. The van der Waals surface area contributed by atoms with Gasteiger partial charge in [-0.25, -0.2) is 4.39 Å². The summed E-state index contributed by atoms with van der Waals surface area (Å²) < 4.78 is 26.6. The zero-order valence-corrected chi connectivity index (χ0v) is 15.8. The minimum absolute atomic E-state index is 0.224. The van der Waals surface area contributed by atoms with E-state index in [9.17, 15) is 4.39 Å². The van der Waals surface area contributed by atoms with Crippen molar-refractivity contribution < 1.29 is 13.9 Å². The molecule has 3 rings (SSSR count). The number of hydrogen-bond donors (Lipinski definition) is 0. The van der Waals surface area contributed by atoms with E-state index in [4.69, 9.17) is 9.47 Å². The molecule has 0 amide bonds. The smallest absolute Gasteiger partial charge is 0.124 e. The molecule has 1 aliphatic heterocycles. The van der Waals surface area contributed by atoms with Gasteiger partial charge in [0.15, 0.2) is 0 Å². The summed E-state index contributed by atoms with van der Waals surface area (Å²) in [5.41, 5.74) is 0.457. The molecule has 0 bridgehead atoms. The molecule has 5 heteroatoms. The van der Waals surface area contributed by atoms with E-state index >= 15 is 0 Å². The van der Waals surface area contributed by atoms with Crippen molar-refractivity contribution in [3.63, 3.8) is 0 Å². The molecule has 0 spiro atoms. The molecule has 1 fully saturated rings. The van der Waals surface area contributed by atoms with Gasteiger partial charge in [0.1, 0.15) is 5.82 Å². The largest absolute Gasteiger partial charge is 0.381 e. The normalized spacial score (nSPS) is 17.2. The molecular formula is C18H18FIO2S. The number of halogens is 2. The van der Waals surface area contributed by atoms with E-state index in [1.807, 2.05) is 6.07 Å². The summed E-state index contributed by atoms with van der Waals surface area (Å²) in [6.45, 7) is 1.29. The standard InChI is InChI=1S/C18H18FIO2S/c1-21-18(6-8-22-9-7-18)13-10-14(19)12-17(11-13)23-16-4-2-15(20)3-5-16/h2-5,10-12H,6-9H2,1H3. The Bertz CT molecular complexity index is 669. The fourth-order valence-corrected chi connectivity index (χ4v) is 4.10. The van der Waals surface area contributed by atoms with Crippen LogP contribution in [0, 0.1) is 9.39 Å². The van der Waals surface area contributed by atoms with Crippen molar-refractivity contribution in [2.75, 3.05) is 20.3 Å². The topological polar surface area (TPSA) is 18.5 Å². The third-order valence-corrected chi connectivity index (χ3v) is 5.84. The fraction of sp³-hybridized carbons (Fsp3) is 0.333. The van der Waals surface area contributed by atoms with E-state index in [1.165, 1.54) is 3.57 Å². The molecule has 23 heavy (non-hydrogen) atoms. The lowest BCUT2D eigenvalue weighted by Gasteiger charge is -2.36. The molecule has 1 saturated heterocycles. The zero-order valence-electron chi connectivity index (χ0n) is 12.9. The van der Waals surface area contributed by atoms with Crippen molar-refractivity contribution in [1.82, 2.24) is 0 Å². The van der Waals surface area contributed by atoms with E-state index in [0.717, 1.165) is 28.2 Å². The summed E-state index contributed by atoms with van der Waals surface area (Å²) >= 11 is 3.84. The van der Waals surface area contributed by atoms with Crippen molar-refractivity contribution in [2.45, 2.75) is 28.2 Å². The quantitative estimate of drug-likeness (QED) is 0.602. The first-order valence-corrected chi connectivity index (χ1v) is 9.38. The van der Waals surface area contributed by atoms with Crippen LogP contribution in [0.15, 0.2) is 52.3 Å². The molecule has 0 unspecified atom stereocenters. The van der Waals surface area contributed by atoms with Crippen molar-refractivity contribution in [1.29, 1.82) is 0 Å². The minimum atomic E-state index is -0.443. The predicted molar refractivity (Wildman–Crippen MR) is 98.4 cm³/mol. The Hall–Kier alpha value is -0.630. The molecule has 0 radical (unpaired) electrons. The maximum Gasteiger partial charge on any atom is 0.124 e. The van der Waals surface area contributed by atoms with Gasteiger partial charge in [-0.1, -0.05) is 11.8 Å². The molecule has 0 aliphatic carbocycles. The number of ether oxygens (including phenoxy) is 2. The van der Waals surface area contributed by atoms with Gasteiger partial charge in [0.2, 0.25) is 0 Å². The fourth-order valence-electron chi connectivity index (χ4n) is 2.84. The lowest BCUT2D eigenvalue weighted by Crippen LogP contribution is -2.35. The van der Waals surface area contributed by atoms with Crippen molar-refractivity contribution >= 4 is 34.4 Å². The summed E-state index contributed by atoms with van der Waals surface area (Å²) in [6, 6.07) is 13.4. The zero-order chi connectivity index (χ0) is 16.3. The monoisotopic (exact) mass is 444 g/mol. The van der Waals surface area contributed by atoms with Gasteiger partial charge < -0.3 is 9.47 Å². The Morgan fingerprint density at radius 3 is 2.43 bits per heavy atom. The Morgan fingerprint density at radius 1 is 1.09 bits per heavy atom. The summed E-state index contributed by atoms with van der Waals surface area (Å²) in [4.78, 5) is 1.99. The van der Waals surface area contributed by atoms with E-state index in [2.05, 4.69) is 46.9 Å². The van der Waals surface area contributed by atoms with Gasteiger partial charge >= 0.3 is 0 Å². The molecule has 0 aromatic heterocycles. The number of methoxy groups -OCH3 is 1. The summed E-state index contributed by atoms with van der Waals surface area (Å²) in [5, 5.41) is 0. The first kappa shape index (κ1) is 17.2. The SMILES string of the molecule is COC1(c2cc(F)cc(Sc3ccc(I)cc3)c2)CCOCC1. The van der Waals surface area contributed by atoms with Gasteiger partial charge in [0, 0.05) is 46.5 Å². The molecule has 0 saturated carbocycles. The maximum absolute atomic E-state index is 14.2. The number of hydrogen-bond acceptors (Lipinski definition) is 3. The highest BCUT2D eigenvalue weighted by atomic mass is 127. The third kappa shape index (κ3) is 4.07. The maximum atomic E-state index is 14.2. The Labute approximate surface area is 153 Å². The van der Waals surface area contributed by atoms with Crippen LogP contribution in [0.2, 0.25) is 0 Å². The van der Waals surface area contributed by atoms with Gasteiger partial charge in [0.05, 0.1) is 5.60 Å². The molecule has 0 N–H and O–H groups in total. The Kier molecular flexibility index (Phi) is 5.61. The van der Waals surface area contributed by atoms with Crippen LogP contribution in [0.1, 0.15) is 18.4 Å². The summed E-state index contributed by atoms with van der Waals surface area (Å²) in [6.07, 6.45) is 1.50. The van der Waals surface area contributed by atoms with Crippen molar-refractivity contribution in [2.24, 2.45) is 0 Å². The van der Waals surface area contributed by atoms with Crippen LogP contribution < -0.4 is 0 Å². The average molecular weight is 444 g/mol. The van der Waals surface area contributed by atoms with E-state index in [-0.39, 0.29) is 5.82 Å². The highest BCUT2D eigenvalue weighted by molar-refractivity contribution is 14.1. The van der Waals surface area contributed by atoms with Gasteiger partial charge in [-0.3, -0.25) is 0 Å². The van der Waals surface area contributed by atoms with Crippen LogP contribution >= 0.6 is 34.4 Å². The highest BCUT2D eigenvalue weighted by Gasteiger charge is 2.35. The van der Waals surface area contributed by atoms with Crippen LogP contribution in [0.4, 0.5) is 4.39 Å². The third-order valence-electron chi connectivity index (χ3n) is 4.14. The summed E-state index contributed by atoms with van der Waals surface area (Å²) in [5.74, 6) is -0.224. The van der Waals surface area contributed by atoms with Crippen molar-refractivity contribution in [3.05, 3.63) is 57.4 Å². The lowest BCUT2D eigenvalue weighted by atomic mass is 9.86. The molecular weight excluding hydrogens is 426 g/mol. The second kappa shape index (κ2) is 7.51. The van der Waals surface area contributed by atoms with Crippen LogP contribution in [-0.4, -0.2) is 20.3 Å². The molecule has 1 heterocycles. The molecule has 1 aliphatic rings. The second-order valence-corrected chi connectivity index (χ2v) is 7.93. The van der Waals surface area contributed by atoms with Gasteiger partial charge in [-0.2, -0.15) is 0 Å². The minimum Gasteiger partial charge on any atom is -0.381 e. The molecule has 122 valence electrons. The number of rotatable bonds is 4. The molecule has 2 nitrogen and oxygen atoms in total. The second-order valence-electron chi connectivity index (χ2n) is 5.54. The molecule has 2 aromatic carbocycles. The average Bonchev–Trinajstić information content (AvgIpc) is 2.57. The van der Waals surface area contributed by atoms with Crippen LogP contribution in [0.3, 0.4) is 0 Å². The van der Waals surface area contributed by atoms with Crippen LogP contribution in [0.25, 0.3) is 0 Å².